The Hall–Kier alpha value is -1.79. The van der Waals surface area contributed by atoms with Crippen LogP contribution in [-0.2, 0) is 4.79 Å². The number of carbonyl (C=O) groups excluding carboxylic acids is 1. The maximum atomic E-state index is 9.90. The summed E-state index contributed by atoms with van der Waals surface area (Å²) in [5, 5.41) is 74.0. The fourth-order valence-electron chi connectivity index (χ4n) is 1.68. The van der Waals surface area contributed by atoms with Crippen molar-refractivity contribution in [2.24, 2.45) is 0 Å². The van der Waals surface area contributed by atoms with Gasteiger partial charge in [-0.1, -0.05) is 6.07 Å². The molecular formula is C15H25NO9. The van der Waals surface area contributed by atoms with E-state index in [9.17, 15) is 9.90 Å². The Balaban J connectivity index is 0.000000463. The van der Waals surface area contributed by atoms with Crippen molar-refractivity contribution in [2.45, 2.75) is 30.5 Å². The van der Waals surface area contributed by atoms with Crippen LogP contribution in [0.3, 0.4) is 0 Å². The molecule has 0 fully saturated rings. The molecule has 1 aromatic rings. The molecule has 0 aliphatic rings. The van der Waals surface area contributed by atoms with Gasteiger partial charge in [0, 0.05) is 6.54 Å². The lowest BCUT2D eigenvalue weighted by molar-refractivity contribution is -0.136. The van der Waals surface area contributed by atoms with Crippen molar-refractivity contribution in [3.63, 3.8) is 0 Å². The summed E-state index contributed by atoms with van der Waals surface area (Å²) < 4.78 is 0. The molecule has 9 N–H and O–H groups in total. The molecule has 0 aliphatic heterocycles. The number of aliphatic hydroxyl groups is 6. The molecule has 0 heterocycles. The lowest BCUT2D eigenvalue weighted by Crippen LogP contribution is -2.46. The van der Waals surface area contributed by atoms with Gasteiger partial charge in [-0.15, -0.1) is 0 Å². The summed E-state index contributed by atoms with van der Waals surface area (Å²) in [6.07, 6.45) is -7.51. The first-order valence-corrected chi connectivity index (χ1v) is 7.32. The number of aromatic hydroxyl groups is 2. The largest absolute Gasteiger partial charge is 0.504 e. The minimum Gasteiger partial charge on any atom is -0.504 e. The van der Waals surface area contributed by atoms with Gasteiger partial charge in [0.2, 0.25) is 0 Å². The van der Waals surface area contributed by atoms with Crippen LogP contribution in [0.25, 0.3) is 0 Å². The summed E-state index contributed by atoms with van der Waals surface area (Å²) in [7, 11) is 1.73. The number of benzene rings is 1. The van der Waals surface area contributed by atoms with Crippen LogP contribution in [0.2, 0.25) is 0 Å². The normalized spacial score (nSPS) is 16.8. The van der Waals surface area contributed by atoms with Gasteiger partial charge in [-0.3, -0.25) is 0 Å². The molecule has 0 spiro atoms. The van der Waals surface area contributed by atoms with Crippen LogP contribution >= 0.6 is 0 Å². The maximum Gasteiger partial charge on any atom is 0.157 e. The van der Waals surface area contributed by atoms with E-state index in [2.05, 4.69) is 5.32 Å². The highest BCUT2D eigenvalue weighted by molar-refractivity contribution is 5.56. The number of hydrogen-bond acceptors (Lipinski definition) is 10. The van der Waals surface area contributed by atoms with E-state index in [4.69, 9.17) is 35.7 Å². The number of rotatable bonds is 8. The molecule has 1 rings (SSSR count). The Morgan fingerprint density at radius 1 is 1.04 bits per heavy atom. The number of phenols is 2. The number of hydrogen-bond donors (Lipinski definition) is 9. The molecule has 5 unspecified atom stereocenters. The number of carbonyl (C=O) groups is 1. The fourth-order valence-corrected chi connectivity index (χ4v) is 1.68. The summed E-state index contributed by atoms with van der Waals surface area (Å²) in [6.45, 7) is -0.353. The van der Waals surface area contributed by atoms with Gasteiger partial charge in [0.25, 0.3) is 0 Å². The molecule has 5 atom stereocenters. The number of nitrogens with one attached hydrogen (secondary N) is 1. The zero-order chi connectivity index (χ0) is 19.6. The lowest BCUT2D eigenvalue weighted by Gasteiger charge is -2.22. The van der Waals surface area contributed by atoms with Crippen molar-refractivity contribution in [1.82, 2.24) is 5.32 Å². The Labute approximate surface area is 144 Å². The number of aldehydes is 1. The van der Waals surface area contributed by atoms with Gasteiger partial charge < -0.3 is 51.0 Å². The molecule has 144 valence electrons. The van der Waals surface area contributed by atoms with Gasteiger partial charge in [0.1, 0.15) is 24.4 Å². The molecule has 0 saturated heterocycles. The average Bonchev–Trinajstić information content (AvgIpc) is 2.61. The SMILES string of the molecule is CNCC(O)c1ccc(O)c(O)c1.O=CC(O)C(O)C(O)C(O)CO. The maximum absolute atomic E-state index is 9.90. The van der Waals surface area contributed by atoms with E-state index >= 15 is 0 Å². The second kappa shape index (κ2) is 11.7. The van der Waals surface area contributed by atoms with Gasteiger partial charge in [-0.05, 0) is 24.7 Å². The van der Waals surface area contributed by atoms with Gasteiger partial charge in [-0.2, -0.15) is 0 Å². The summed E-state index contributed by atoms with van der Waals surface area (Å²) in [6, 6.07) is 4.26. The molecule has 0 aliphatic carbocycles. The molecule has 10 nitrogen and oxygen atoms in total. The summed E-state index contributed by atoms with van der Waals surface area (Å²) >= 11 is 0. The molecule has 0 bridgehead atoms. The van der Waals surface area contributed by atoms with Gasteiger partial charge >= 0.3 is 0 Å². The van der Waals surface area contributed by atoms with Crippen molar-refractivity contribution in [3.05, 3.63) is 23.8 Å². The standard InChI is InChI=1S/C9H13NO3.C6H12O6/c1-10-5-9(13)6-2-3-7(11)8(12)4-6;7-1-3(9)5(11)6(12)4(10)2-8/h2-4,9-13H,5H2,1H3;1,3-6,8-12H,2H2. The van der Waals surface area contributed by atoms with Crippen molar-refractivity contribution in [3.8, 4) is 11.5 Å². The van der Waals surface area contributed by atoms with Gasteiger partial charge in [0.15, 0.2) is 17.8 Å². The quantitative estimate of drug-likeness (QED) is 0.170. The van der Waals surface area contributed by atoms with E-state index in [0.29, 0.717) is 12.1 Å². The van der Waals surface area contributed by atoms with Crippen LogP contribution in [0.15, 0.2) is 18.2 Å². The molecule has 1 aromatic carbocycles. The van der Waals surface area contributed by atoms with Gasteiger partial charge in [-0.25, -0.2) is 0 Å². The minimum atomic E-state index is -1.79. The van der Waals surface area contributed by atoms with Crippen LogP contribution in [-0.4, -0.2) is 91.8 Å². The first-order valence-electron chi connectivity index (χ1n) is 7.32. The van der Waals surface area contributed by atoms with Crippen LogP contribution < -0.4 is 5.32 Å². The van der Waals surface area contributed by atoms with Crippen LogP contribution in [0.5, 0.6) is 11.5 Å². The minimum absolute atomic E-state index is 0.0258. The number of likely N-dealkylation sites (N-methyl/N-ethyl adjacent to an activating group) is 1. The van der Waals surface area contributed by atoms with E-state index in [1.165, 1.54) is 12.1 Å². The second-order valence-electron chi connectivity index (χ2n) is 5.18. The molecule has 0 saturated carbocycles. The second-order valence-corrected chi connectivity index (χ2v) is 5.18. The van der Waals surface area contributed by atoms with E-state index in [-0.39, 0.29) is 17.8 Å². The first kappa shape index (κ1) is 23.2. The van der Waals surface area contributed by atoms with E-state index in [0.717, 1.165) is 0 Å². The predicted octanol–water partition coefficient (Wildman–Crippen LogP) is -3.03. The summed E-state index contributed by atoms with van der Waals surface area (Å²) in [5.41, 5.74) is 0.574. The average molecular weight is 363 g/mol. The van der Waals surface area contributed by atoms with Crippen molar-refractivity contribution in [2.75, 3.05) is 20.2 Å². The Bertz CT molecular complexity index is 514. The van der Waals surface area contributed by atoms with E-state index < -0.39 is 37.1 Å². The molecule has 0 amide bonds. The van der Waals surface area contributed by atoms with Gasteiger partial charge in [0.05, 0.1) is 12.7 Å². The topological polar surface area (TPSA) is 191 Å². The molecule has 25 heavy (non-hydrogen) atoms. The van der Waals surface area contributed by atoms with Crippen molar-refractivity contribution in [1.29, 1.82) is 0 Å². The highest BCUT2D eigenvalue weighted by Crippen LogP contribution is 2.27. The van der Waals surface area contributed by atoms with Crippen LogP contribution in [0.1, 0.15) is 11.7 Å². The smallest absolute Gasteiger partial charge is 0.157 e. The van der Waals surface area contributed by atoms with Crippen molar-refractivity contribution < 1.29 is 45.6 Å². The summed E-state index contributed by atoms with van der Waals surface area (Å²) in [5.74, 6) is -0.395. The van der Waals surface area contributed by atoms with Crippen LogP contribution in [0.4, 0.5) is 0 Å². The third-order valence-electron chi connectivity index (χ3n) is 3.20. The Kier molecular flexibility index (Phi) is 10.9. The zero-order valence-electron chi connectivity index (χ0n) is 13.6. The third-order valence-corrected chi connectivity index (χ3v) is 3.20. The van der Waals surface area contributed by atoms with Crippen LogP contribution in [0, 0.1) is 0 Å². The fraction of sp³-hybridized carbons (Fsp3) is 0.533. The zero-order valence-corrected chi connectivity index (χ0v) is 13.6. The molecule has 0 aromatic heterocycles. The molecule has 0 radical (unpaired) electrons. The van der Waals surface area contributed by atoms with E-state index in [1.807, 2.05) is 0 Å². The Morgan fingerprint density at radius 3 is 2.08 bits per heavy atom. The number of aliphatic hydroxyl groups excluding tert-OH is 6. The van der Waals surface area contributed by atoms with E-state index in [1.54, 1.807) is 13.1 Å². The highest BCUT2D eigenvalue weighted by Gasteiger charge is 2.29. The Morgan fingerprint density at radius 2 is 1.64 bits per heavy atom. The molecular weight excluding hydrogens is 338 g/mol. The predicted molar refractivity (Wildman–Crippen MR) is 85.8 cm³/mol. The third kappa shape index (κ3) is 7.75. The van der Waals surface area contributed by atoms with Crippen molar-refractivity contribution >= 4 is 6.29 Å². The monoisotopic (exact) mass is 363 g/mol. The summed E-state index contributed by atoms with van der Waals surface area (Å²) in [4.78, 5) is 9.90. The first-order chi connectivity index (χ1) is 11.7. The highest BCUT2D eigenvalue weighted by atomic mass is 16.4. The number of phenolic OH excluding ortho intramolecular Hbond substituents is 2. The lowest BCUT2D eigenvalue weighted by atomic mass is 10.0. The molecule has 10 heteroatoms.